The van der Waals surface area contributed by atoms with Gasteiger partial charge in [-0.1, -0.05) is 22.8 Å². The molecule has 0 unspecified atom stereocenters. The Bertz CT molecular complexity index is 761. The van der Waals surface area contributed by atoms with Gasteiger partial charge in [-0.05, 0) is 43.7 Å². The highest BCUT2D eigenvalue weighted by atomic mass is 35.5. The molecule has 0 atom stereocenters. The number of hydrogen-bond acceptors (Lipinski definition) is 4. The van der Waals surface area contributed by atoms with E-state index in [-0.39, 0.29) is 5.02 Å². The van der Waals surface area contributed by atoms with Gasteiger partial charge < -0.3 is 9.57 Å². The monoisotopic (exact) mass is 364 g/mol. The summed E-state index contributed by atoms with van der Waals surface area (Å²) in [6.45, 7) is 7.45. The minimum Gasteiger partial charge on any atom is -0.361 e. The van der Waals surface area contributed by atoms with Crippen molar-refractivity contribution in [3.8, 4) is 0 Å². The maximum atomic E-state index is 13.5. The summed E-state index contributed by atoms with van der Waals surface area (Å²) < 4.78 is 18.7. The van der Waals surface area contributed by atoms with Gasteiger partial charge in [0, 0.05) is 44.3 Å². The van der Waals surface area contributed by atoms with Gasteiger partial charge in [-0.3, -0.25) is 4.98 Å². The highest BCUT2D eigenvalue weighted by molar-refractivity contribution is 6.34. The average Bonchev–Trinajstić information content (AvgIpc) is 2.57. The van der Waals surface area contributed by atoms with Gasteiger partial charge >= 0.3 is 0 Å². The quantitative estimate of drug-likeness (QED) is 0.413. The number of benzene rings is 1. The predicted octanol–water partition coefficient (Wildman–Crippen LogP) is 4.96. The van der Waals surface area contributed by atoms with E-state index in [0.717, 1.165) is 5.56 Å². The molecule has 134 valence electrons. The smallest absolute Gasteiger partial charge is 0.230 e. The number of oxime groups is 1. The number of hydrogen-bond donors (Lipinski definition) is 0. The highest BCUT2D eigenvalue weighted by Crippen LogP contribution is 2.32. The molecular formula is C19H22ClFN2O2. The lowest BCUT2D eigenvalue weighted by Gasteiger charge is -2.29. The molecule has 0 saturated heterocycles. The van der Waals surface area contributed by atoms with Crippen LogP contribution in [0.25, 0.3) is 0 Å². The van der Waals surface area contributed by atoms with Crippen molar-refractivity contribution in [3.63, 3.8) is 0 Å². The van der Waals surface area contributed by atoms with Crippen molar-refractivity contribution < 1.29 is 14.0 Å². The van der Waals surface area contributed by atoms with E-state index in [2.05, 4.69) is 10.1 Å². The zero-order valence-electron chi connectivity index (χ0n) is 15.0. The highest BCUT2D eigenvalue weighted by Gasteiger charge is 2.32. The van der Waals surface area contributed by atoms with Crippen LogP contribution < -0.4 is 0 Å². The topological polar surface area (TPSA) is 43.7 Å². The van der Waals surface area contributed by atoms with Gasteiger partial charge in [0.15, 0.2) is 0 Å². The van der Waals surface area contributed by atoms with Crippen molar-refractivity contribution in [2.75, 3.05) is 7.11 Å². The molecule has 6 heteroatoms. The SMILES string of the molecule is COC(C)(C)ON=C(c1ccc(F)cc1Cl)C(C)(C)c1cccnc1. The molecule has 0 aliphatic carbocycles. The molecule has 0 bridgehead atoms. The van der Waals surface area contributed by atoms with E-state index in [9.17, 15) is 4.39 Å². The van der Waals surface area contributed by atoms with Crippen molar-refractivity contribution in [2.45, 2.75) is 38.9 Å². The van der Waals surface area contributed by atoms with Crippen molar-refractivity contribution >= 4 is 17.3 Å². The molecule has 0 amide bonds. The second-order valence-corrected chi connectivity index (χ2v) is 7.03. The number of aromatic nitrogens is 1. The number of rotatable bonds is 6. The first-order valence-electron chi connectivity index (χ1n) is 7.85. The van der Waals surface area contributed by atoms with Crippen molar-refractivity contribution in [1.29, 1.82) is 0 Å². The van der Waals surface area contributed by atoms with Crippen LogP contribution in [0.15, 0.2) is 47.9 Å². The van der Waals surface area contributed by atoms with Gasteiger partial charge in [0.1, 0.15) is 5.82 Å². The number of nitrogens with zero attached hydrogens (tertiary/aromatic N) is 2. The molecule has 0 radical (unpaired) electrons. The largest absolute Gasteiger partial charge is 0.361 e. The first kappa shape index (κ1) is 19.3. The van der Waals surface area contributed by atoms with Gasteiger partial charge in [-0.2, -0.15) is 0 Å². The van der Waals surface area contributed by atoms with Crippen LogP contribution in [0.4, 0.5) is 4.39 Å². The number of halogens is 2. The van der Waals surface area contributed by atoms with Crippen LogP contribution in [0.2, 0.25) is 5.02 Å². The Labute approximate surface area is 152 Å². The van der Waals surface area contributed by atoms with Crippen LogP contribution >= 0.6 is 11.6 Å². The molecular weight excluding hydrogens is 343 g/mol. The Balaban J connectivity index is 2.58. The standard InChI is InChI=1S/C19H22ClFN2O2/c1-18(2,13-7-6-10-22-12-13)17(23-25-19(3,4)24-5)15-9-8-14(21)11-16(15)20/h6-12H,1-5H3. The molecule has 0 N–H and O–H groups in total. The summed E-state index contributed by atoms with van der Waals surface area (Å²) in [7, 11) is 1.53. The van der Waals surface area contributed by atoms with E-state index in [1.165, 1.54) is 19.2 Å². The van der Waals surface area contributed by atoms with Gasteiger partial charge in [0.25, 0.3) is 0 Å². The number of ether oxygens (including phenoxy) is 1. The van der Waals surface area contributed by atoms with Crippen LogP contribution in [0, 0.1) is 5.82 Å². The normalized spacial score (nSPS) is 13.0. The van der Waals surface area contributed by atoms with Crippen LogP contribution in [0.3, 0.4) is 0 Å². The second-order valence-electron chi connectivity index (χ2n) is 6.63. The van der Waals surface area contributed by atoms with Crippen LogP contribution in [0.1, 0.15) is 38.8 Å². The second kappa shape index (κ2) is 7.50. The minimum atomic E-state index is -0.914. The summed E-state index contributed by atoms with van der Waals surface area (Å²) in [5.74, 6) is -1.33. The summed E-state index contributed by atoms with van der Waals surface area (Å²) in [5.41, 5.74) is 1.48. The minimum absolute atomic E-state index is 0.259. The fraction of sp³-hybridized carbons (Fsp3) is 0.368. The summed E-state index contributed by atoms with van der Waals surface area (Å²) >= 11 is 6.28. The predicted molar refractivity (Wildman–Crippen MR) is 97.4 cm³/mol. The van der Waals surface area contributed by atoms with Gasteiger partial charge in [-0.15, -0.1) is 0 Å². The lowest BCUT2D eigenvalue weighted by atomic mass is 9.78. The molecule has 0 aliphatic rings. The lowest BCUT2D eigenvalue weighted by Crippen LogP contribution is -2.33. The zero-order chi connectivity index (χ0) is 18.7. The Morgan fingerprint density at radius 2 is 1.92 bits per heavy atom. The van der Waals surface area contributed by atoms with E-state index >= 15 is 0 Å². The molecule has 0 fully saturated rings. The van der Waals surface area contributed by atoms with Gasteiger partial charge in [0.05, 0.1) is 10.7 Å². The number of pyridine rings is 1. The fourth-order valence-electron chi connectivity index (χ4n) is 2.24. The summed E-state index contributed by atoms with van der Waals surface area (Å²) in [6, 6.07) is 7.99. The molecule has 25 heavy (non-hydrogen) atoms. The van der Waals surface area contributed by atoms with Crippen molar-refractivity contribution in [3.05, 3.63) is 64.7 Å². The van der Waals surface area contributed by atoms with E-state index in [1.54, 1.807) is 32.3 Å². The van der Waals surface area contributed by atoms with E-state index in [4.69, 9.17) is 21.2 Å². The average molecular weight is 365 g/mol. The third-order valence-corrected chi connectivity index (χ3v) is 4.32. The van der Waals surface area contributed by atoms with E-state index in [1.807, 2.05) is 26.0 Å². The Kier molecular flexibility index (Phi) is 5.80. The molecule has 2 aromatic rings. The van der Waals surface area contributed by atoms with Gasteiger partial charge in [0.2, 0.25) is 5.79 Å². The first-order chi connectivity index (χ1) is 11.7. The summed E-state index contributed by atoms with van der Waals surface area (Å²) in [6.07, 6.45) is 3.46. The van der Waals surface area contributed by atoms with Crippen LogP contribution in [0.5, 0.6) is 0 Å². The summed E-state index contributed by atoms with van der Waals surface area (Å²) in [4.78, 5) is 9.76. The maximum Gasteiger partial charge on any atom is 0.230 e. The van der Waals surface area contributed by atoms with Crippen LogP contribution in [-0.4, -0.2) is 23.6 Å². The Morgan fingerprint density at radius 1 is 1.20 bits per heavy atom. The van der Waals surface area contributed by atoms with Crippen LogP contribution in [-0.2, 0) is 15.0 Å². The molecule has 2 rings (SSSR count). The molecule has 0 spiro atoms. The molecule has 1 aromatic carbocycles. The lowest BCUT2D eigenvalue weighted by molar-refractivity contribution is -0.197. The summed E-state index contributed by atoms with van der Waals surface area (Å²) in [5, 5.41) is 4.59. The zero-order valence-corrected chi connectivity index (χ0v) is 15.8. The van der Waals surface area contributed by atoms with E-state index < -0.39 is 17.0 Å². The molecule has 1 heterocycles. The molecule has 0 aliphatic heterocycles. The molecule has 1 aromatic heterocycles. The van der Waals surface area contributed by atoms with Gasteiger partial charge in [-0.25, -0.2) is 4.39 Å². The maximum absolute atomic E-state index is 13.5. The fourth-order valence-corrected chi connectivity index (χ4v) is 2.50. The Hall–Kier alpha value is -1.98. The molecule has 4 nitrogen and oxygen atoms in total. The van der Waals surface area contributed by atoms with E-state index in [0.29, 0.717) is 11.3 Å². The third kappa shape index (κ3) is 4.55. The number of methoxy groups -OCH3 is 1. The Morgan fingerprint density at radius 3 is 2.48 bits per heavy atom. The van der Waals surface area contributed by atoms with Crippen molar-refractivity contribution in [2.24, 2.45) is 5.16 Å². The molecule has 0 saturated carbocycles. The van der Waals surface area contributed by atoms with Crippen molar-refractivity contribution in [1.82, 2.24) is 4.98 Å². The first-order valence-corrected chi connectivity index (χ1v) is 8.23. The third-order valence-electron chi connectivity index (χ3n) is 4.01.